The molecule has 5 aliphatic heterocycles. The van der Waals surface area contributed by atoms with E-state index in [1.807, 2.05) is 30.7 Å². The number of anilines is 2. The van der Waals surface area contributed by atoms with E-state index in [1.165, 1.54) is 88.3 Å². The average Bonchev–Trinajstić information content (AvgIpc) is 1.17. The van der Waals surface area contributed by atoms with Gasteiger partial charge >= 0.3 is 6.01 Å². The first-order chi connectivity index (χ1) is 42.1. The molecule has 4 aromatic carbocycles. The zero-order valence-corrected chi connectivity index (χ0v) is 54.6. The Balaban J connectivity index is 0.000000224. The number of carbonyl (C=O) groups is 4. The van der Waals surface area contributed by atoms with Crippen LogP contribution >= 0.6 is 0 Å². The van der Waals surface area contributed by atoms with Crippen molar-refractivity contribution in [2.45, 2.75) is 195 Å². The number of carbonyl (C=O) groups excluding carboxylic acids is 4. The van der Waals surface area contributed by atoms with E-state index in [4.69, 9.17) is 19.3 Å². The SMILES string of the molecule is CC1CCC(=O)NC1=O.CC=O.CCCC(=O)N(C)c1cc(C2CCN(CC(CCC)CCC(C)C)CC2)ccc1C.CCc1c(F)ccc2cc(O)cc(-c3ccc4c(N5CCC[C@@](C)(O)C5)nc(OCC56CCCN5C(COC)CC6)nc4c3F)c12. The van der Waals surface area contributed by atoms with Gasteiger partial charge in [-0.2, -0.15) is 9.97 Å². The van der Waals surface area contributed by atoms with Gasteiger partial charge in [0, 0.05) is 75.2 Å². The molecule has 482 valence electrons. The molecule has 0 bridgehead atoms. The molecule has 15 nitrogen and oxygen atoms in total. The molecule has 0 spiro atoms. The Morgan fingerprint density at radius 1 is 0.909 bits per heavy atom. The summed E-state index contributed by atoms with van der Waals surface area (Å²) in [6.45, 7) is 24.9. The number of fused-ring (bicyclic) bond motifs is 3. The van der Waals surface area contributed by atoms with Crippen LogP contribution in [0.3, 0.4) is 0 Å². The van der Waals surface area contributed by atoms with Crippen molar-refractivity contribution < 1.29 is 47.6 Å². The minimum atomic E-state index is -0.917. The van der Waals surface area contributed by atoms with E-state index >= 15 is 4.39 Å². The summed E-state index contributed by atoms with van der Waals surface area (Å²) in [6.07, 6.45) is 17.2. The first-order valence-electron chi connectivity index (χ1n) is 32.7. The fourth-order valence-corrected chi connectivity index (χ4v) is 14.0. The number of halogens is 2. The molecule has 5 atom stereocenters. The predicted octanol–water partition coefficient (Wildman–Crippen LogP) is 13.4. The highest BCUT2D eigenvalue weighted by atomic mass is 19.1. The molecule has 0 saturated carbocycles. The number of aromatic hydroxyl groups is 1. The van der Waals surface area contributed by atoms with Crippen molar-refractivity contribution >= 4 is 57.2 Å². The topological polar surface area (TPSA) is 178 Å². The maximum atomic E-state index is 16.9. The van der Waals surface area contributed by atoms with E-state index < -0.39 is 11.4 Å². The summed E-state index contributed by atoms with van der Waals surface area (Å²) in [4.78, 5) is 60.9. The molecule has 0 radical (unpaired) electrons. The smallest absolute Gasteiger partial charge is 0.319 e. The summed E-state index contributed by atoms with van der Waals surface area (Å²) >= 11 is 0. The molecule has 4 unspecified atom stereocenters. The van der Waals surface area contributed by atoms with Gasteiger partial charge in [0.2, 0.25) is 17.7 Å². The van der Waals surface area contributed by atoms with Crippen LogP contribution in [-0.2, 0) is 30.3 Å². The second-order valence-electron chi connectivity index (χ2n) is 26.1. The average molecular weight is 1220 g/mol. The third-order valence-corrected chi connectivity index (χ3v) is 18.8. The largest absolute Gasteiger partial charge is 0.508 e. The molecular formula is C71H101F2N7O8. The van der Waals surface area contributed by atoms with E-state index in [2.05, 4.69) is 72.9 Å². The quantitative estimate of drug-likeness (QED) is 0.0526. The van der Waals surface area contributed by atoms with Crippen LogP contribution in [0, 0.1) is 36.3 Å². The number of likely N-dealkylation sites (tertiary alicyclic amines) is 1. The van der Waals surface area contributed by atoms with E-state index in [0.717, 1.165) is 68.9 Å². The number of aliphatic hydroxyl groups is 1. The number of imide groups is 1. The number of rotatable bonds is 19. The van der Waals surface area contributed by atoms with Gasteiger partial charge in [0.1, 0.15) is 35.8 Å². The summed E-state index contributed by atoms with van der Waals surface area (Å²) in [5, 5.41) is 25.5. The van der Waals surface area contributed by atoms with E-state index in [9.17, 15) is 29.0 Å². The highest BCUT2D eigenvalue weighted by Gasteiger charge is 2.50. The van der Waals surface area contributed by atoms with Crippen molar-refractivity contribution in [2.75, 3.05) is 76.4 Å². The Kier molecular flexibility index (Phi) is 25.2. The highest BCUT2D eigenvalue weighted by molar-refractivity contribution is 6.03. The number of methoxy groups -OCH3 is 1. The van der Waals surface area contributed by atoms with Crippen LogP contribution in [0.1, 0.15) is 181 Å². The van der Waals surface area contributed by atoms with Gasteiger partial charge in [0.15, 0.2) is 5.82 Å². The first kappa shape index (κ1) is 69.3. The van der Waals surface area contributed by atoms with Gasteiger partial charge < -0.3 is 39.2 Å². The summed E-state index contributed by atoms with van der Waals surface area (Å²) in [5.74, 6) is 1.75. The molecule has 10 rings (SSSR count). The molecule has 3 N–H and O–H groups in total. The molecule has 88 heavy (non-hydrogen) atoms. The Bertz CT molecular complexity index is 3170. The molecule has 17 heteroatoms. The number of piperidine rings is 3. The standard InChI is InChI=1S/C36H42F2N4O4.C27H46N2O.C6H9NO2.C2H4O/c1-4-25-29(37)10-7-22-17-24(43)18-28(30(22)25)26-8-9-27-32(31(26)38)39-34(40-33(27)41-15-5-12-35(2,44)20-41)46-21-36-13-6-16-42(36)23(11-14-36)19-45-3;1-7-9-23(13-11-21(3)4)20-29-17-15-24(16-18-29)25-14-12-22(5)26(19-25)28(6)27(30)10-8-2;1-4-2-3-5(8)7-6(4)9;1-2-3/h7-10,17-18,23,43-44H,4-6,11-16,19-21H2,1-3H3;12,14,19,21,23-24H,7-11,13,15-18,20H2,1-6H3;4H,2-3H2,1H3,(H,7,8,9);2H,1H3/t23?,35-,36?;;;/m1.../s1. The van der Waals surface area contributed by atoms with Gasteiger partial charge in [-0.3, -0.25) is 24.6 Å². The number of amides is 3. The lowest BCUT2D eigenvalue weighted by molar-refractivity contribution is -0.136. The second kappa shape index (κ2) is 32.0. The number of hydrogen-bond donors (Lipinski definition) is 3. The van der Waals surface area contributed by atoms with Crippen LogP contribution in [0.15, 0.2) is 54.6 Å². The van der Waals surface area contributed by atoms with Crippen LogP contribution in [0.4, 0.5) is 20.3 Å². The Labute approximate surface area is 522 Å². The Morgan fingerprint density at radius 2 is 1.65 bits per heavy atom. The fraction of sp³-hybridized carbons (Fsp3) is 0.606. The number of aromatic nitrogens is 2. The Hall–Kier alpha value is -6.14. The van der Waals surface area contributed by atoms with E-state index in [-0.39, 0.29) is 57.8 Å². The number of aldehydes is 1. The molecule has 0 aliphatic carbocycles. The van der Waals surface area contributed by atoms with Crippen molar-refractivity contribution in [1.29, 1.82) is 0 Å². The fourth-order valence-electron chi connectivity index (χ4n) is 14.0. The van der Waals surface area contributed by atoms with Crippen LogP contribution in [0.2, 0.25) is 0 Å². The predicted molar refractivity (Wildman–Crippen MR) is 348 cm³/mol. The molecule has 5 aliphatic rings. The van der Waals surface area contributed by atoms with Crippen LogP contribution < -0.4 is 19.9 Å². The van der Waals surface area contributed by atoms with Gasteiger partial charge in [0.25, 0.3) is 0 Å². The number of phenols is 1. The van der Waals surface area contributed by atoms with E-state index in [0.29, 0.717) is 103 Å². The summed E-state index contributed by atoms with van der Waals surface area (Å²) in [5.41, 5.74) is 3.77. The molecule has 5 saturated heterocycles. The van der Waals surface area contributed by atoms with Crippen LogP contribution in [0.5, 0.6) is 11.8 Å². The maximum absolute atomic E-state index is 16.9. The van der Waals surface area contributed by atoms with Crippen molar-refractivity contribution in [3.05, 3.63) is 82.9 Å². The number of ether oxygens (including phenoxy) is 2. The van der Waals surface area contributed by atoms with Gasteiger partial charge in [-0.25, -0.2) is 8.78 Å². The van der Waals surface area contributed by atoms with E-state index in [1.54, 1.807) is 38.3 Å². The summed E-state index contributed by atoms with van der Waals surface area (Å²) in [7, 11) is 3.66. The number of nitrogens with zero attached hydrogens (tertiary/aromatic N) is 6. The van der Waals surface area contributed by atoms with Gasteiger partial charge in [-0.05, 0) is 205 Å². The van der Waals surface area contributed by atoms with Gasteiger partial charge in [0.05, 0.1) is 17.7 Å². The molecule has 5 aromatic rings. The third kappa shape index (κ3) is 17.4. The normalized spacial score (nSPS) is 21.8. The number of aryl methyl sites for hydroxylation is 2. The Morgan fingerprint density at radius 3 is 2.31 bits per heavy atom. The van der Waals surface area contributed by atoms with Gasteiger partial charge in [-0.1, -0.05) is 78.6 Å². The highest BCUT2D eigenvalue weighted by Crippen LogP contribution is 2.45. The minimum absolute atomic E-state index is 0.0164. The number of phenolic OH excluding ortho intramolecular Hbond substituents is 1. The molecule has 6 heterocycles. The maximum Gasteiger partial charge on any atom is 0.319 e. The lowest BCUT2D eigenvalue weighted by Crippen LogP contribution is -2.48. The zero-order chi connectivity index (χ0) is 63.9. The minimum Gasteiger partial charge on any atom is -0.508 e. The monoisotopic (exact) mass is 1220 g/mol. The molecule has 5 fully saturated rings. The second-order valence-corrected chi connectivity index (χ2v) is 26.1. The zero-order valence-electron chi connectivity index (χ0n) is 54.6. The van der Waals surface area contributed by atoms with Crippen LogP contribution in [0.25, 0.3) is 32.8 Å². The molecular weight excluding hydrogens is 1120 g/mol. The van der Waals surface area contributed by atoms with Crippen molar-refractivity contribution in [2.24, 2.45) is 17.8 Å². The number of nitrogens with one attached hydrogen (secondary N) is 1. The van der Waals surface area contributed by atoms with Crippen molar-refractivity contribution in [3.63, 3.8) is 0 Å². The molecule has 1 aromatic heterocycles. The summed E-state index contributed by atoms with van der Waals surface area (Å²) in [6, 6.07) is 16.7. The number of benzene rings is 4. The van der Waals surface area contributed by atoms with Crippen molar-refractivity contribution in [3.8, 4) is 22.9 Å². The number of hydrogen-bond acceptors (Lipinski definition) is 13. The lowest BCUT2D eigenvalue weighted by atomic mass is 9.87. The molecule has 3 amide bonds. The third-order valence-electron chi connectivity index (χ3n) is 18.8. The van der Waals surface area contributed by atoms with Gasteiger partial charge in [-0.15, -0.1) is 0 Å². The number of β-amino-alcohol motifs (C(OH)–C–C–N with tert-alkyl or cyclic N) is 1. The van der Waals surface area contributed by atoms with Crippen molar-refractivity contribution in [1.82, 2.24) is 25.1 Å². The first-order valence-corrected chi connectivity index (χ1v) is 32.7. The van der Waals surface area contributed by atoms with Crippen LogP contribution in [-0.4, -0.2) is 138 Å². The summed E-state index contributed by atoms with van der Waals surface area (Å²) < 4.78 is 43.8. The lowest BCUT2D eigenvalue weighted by Gasteiger charge is -2.38.